The van der Waals surface area contributed by atoms with Gasteiger partial charge in [0.05, 0.1) is 17.9 Å². The van der Waals surface area contributed by atoms with E-state index in [0.29, 0.717) is 11.5 Å². The van der Waals surface area contributed by atoms with Gasteiger partial charge in [0.2, 0.25) is 0 Å². The molecule has 17 heavy (non-hydrogen) atoms. The second kappa shape index (κ2) is 4.63. The summed E-state index contributed by atoms with van der Waals surface area (Å²) in [6, 6.07) is 3.22. The monoisotopic (exact) mass is 237 g/mol. The van der Waals surface area contributed by atoms with Gasteiger partial charge in [0.25, 0.3) is 0 Å². The van der Waals surface area contributed by atoms with Gasteiger partial charge in [0, 0.05) is 11.6 Å². The van der Waals surface area contributed by atoms with E-state index in [-0.39, 0.29) is 11.6 Å². The van der Waals surface area contributed by atoms with E-state index in [1.807, 2.05) is 6.92 Å². The molecule has 1 unspecified atom stereocenters. The minimum Gasteiger partial charge on any atom is -0.341 e. The number of hydrogen-bond acceptors (Lipinski definition) is 2. The molecule has 1 aromatic carbocycles. The standard InChI is InChI=1S/C12H13F2N3/c1-2-10(15)12-16-6-11(17-12)8-4-3-7(13)5-9(8)14/h3-6,10H,2,15H2,1H3,(H,16,17). The Hall–Kier alpha value is -1.75. The lowest BCUT2D eigenvalue weighted by Gasteiger charge is -2.04. The van der Waals surface area contributed by atoms with Crippen molar-refractivity contribution in [2.45, 2.75) is 19.4 Å². The van der Waals surface area contributed by atoms with Gasteiger partial charge in [-0.05, 0) is 18.6 Å². The zero-order valence-corrected chi connectivity index (χ0v) is 9.37. The average Bonchev–Trinajstić information content (AvgIpc) is 2.77. The number of aromatic amines is 1. The topological polar surface area (TPSA) is 54.7 Å². The van der Waals surface area contributed by atoms with Gasteiger partial charge in [-0.2, -0.15) is 0 Å². The molecule has 2 aromatic rings. The van der Waals surface area contributed by atoms with Crippen LogP contribution in [0.25, 0.3) is 11.3 Å². The van der Waals surface area contributed by atoms with Crippen molar-refractivity contribution in [2.24, 2.45) is 5.73 Å². The van der Waals surface area contributed by atoms with Crippen LogP contribution >= 0.6 is 0 Å². The third kappa shape index (κ3) is 2.34. The fourth-order valence-electron chi connectivity index (χ4n) is 1.56. The second-order valence-electron chi connectivity index (χ2n) is 3.82. The molecule has 3 nitrogen and oxygen atoms in total. The number of nitrogens with zero attached hydrogens (tertiary/aromatic N) is 1. The van der Waals surface area contributed by atoms with E-state index in [9.17, 15) is 8.78 Å². The number of nitrogens with one attached hydrogen (secondary N) is 1. The van der Waals surface area contributed by atoms with Crippen molar-refractivity contribution in [3.05, 3.63) is 41.9 Å². The number of nitrogens with two attached hydrogens (primary N) is 1. The smallest absolute Gasteiger partial charge is 0.135 e. The van der Waals surface area contributed by atoms with Gasteiger partial charge in [0.15, 0.2) is 0 Å². The molecule has 0 aliphatic heterocycles. The number of aromatic nitrogens is 2. The fourth-order valence-corrected chi connectivity index (χ4v) is 1.56. The first-order chi connectivity index (χ1) is 8.11. The van der Waals surface area contributed by atoms with Crippen LogP contribution in [-0.2, 0) is 0 Å². The van der Waals surface area contributed by atoms with Crippen molar-refractivity contribution in [1.29, 1.82) is 0 Å². The SMILES string of the molecule is CCC(N)c1ncc(-c2ccc(F)cc2F)[nH]1. The highest BCUT2D eigenvalue weighted by Gasteiger charge is 2.12. The molecule has 0 fully saturated rings. The molecule has 90 valence electrons. The van der Waals surface area contributed by atoms with Crippen LogP contribution in [0.4, 0.5) is 8.78 Å². The Labute approximate surface area is 97.7 Å². The Morgan fingerprint density at radius 1 is 1.41 bits per heavy atom. The van der Waals surface area contributed by atoms with Crippen LogP contribution in [0.5, 0.6) is 0 Å². The lowest BCUT2D eigenvalue weighted by Crippen LogP contribution is -2.10. The molecule has 3 N–H and O–H groups in total. The fraction of sp³-hybridized carbons (Fsp3) is 0.250. The van der Waals surface area contributed by atoms with Gasteiger partial charge in [-0.3, -0.25) is 0 Å². The number of imidazole rings is 1. The van der Waals surface area contributed by atoms with E-state index >= 15 is 0 Å². The van der Waals surface area contributed by atoms with Crippen LogP contribution in [0.15, 0.2) is 24.4 Å². The van der Waals surface area contributed by atoms with Gasteiger partial charge < -0.3 is 10.7 Å². The number of H-pyrrole nitrogens is 1. The van der Waals surface area contributed by atoms with Crippen molar-refractivity contribution in [1.82, 2.24) is 9.97 Å². The Morgan fingerprint density at radius 2 is 2.18 bits per heavy atom. The molecule has 0 spiro atoms. The highest BCUT2D eigenvalue weighted by molar-refractivity contribution is 5.59. The Kier molecular flexibility index (Phi) is 3.19. The van der Waals surface area contributed by atoms with Crippen LogP contribution in [0.1, 0.15) is 25.2 Å². The molecule has 5 heteroatoms. The van der Waals surface area contributed by atoms with Gasteiger partial charge in [-0.1, -0.05) is 6.92 Å². The molecule has 1 atom stereocenters. The summed E-state index contributed by atoms with van der Waals surface area (Å²) >= 11 is 0. The highest BCUT2D eigenvalue weighted by Crippen LogP contribution is 2.23. The van der Waals surface area contributed by atoms with E-state index in [1.165, 1.54) is 18.3 Å². The van der Waals surface area contributed by atoms with Gasteiger partial charge >= 0.3 is 0 Å². The lowest BCUT2D eigenvalue weighted by molar-refractivity contribution is 0.585. The molecule has 0 radical (unpaired) electrons. The van der Waals surface area contributed by atoms with Gasteiger partial charge in [-0.15, -0.1) is 0 Å². The molecule has 0 aliphatic carbocycles. The summed E-state index contributed by atoms with van der Waals surface area (Å²) in [6.07, 6.45) is 2.24. The maximum atomic E-state index is 13.5. The van der Waals surface area contributed by atoms with Crippen LogP contribution in [0, 0.1) is 11.6 Å². The van der Waals surface area contributed by atoms with E-state index in [2.05, 4.69) is 9.97 Å². The number of benzene rings is 1. The first-order valence-corrected chi connectivity index (χ1v) is 5.37. The normalized spacial score (nSPS) is 12.7. The third-order valence-electron chi connectivity index (χ3n) is 2.61. The molecule has 0 saturated carbocycles. The van der Waals surface area contributed by atoms with Gasteiger partial charge in [0.1, 0.15) is 17.5 Å². The summed E-state index contributed by atoms with van der Waals surface area (Å²) in [4.78, 5) is 7.03. The van der Waals surface area contributed by atoms with E-state index < -0.39 is 11.6 Å². The number of halogens is 2. The quantitative estimate of drug-likeness (QED) is 0.862. The molecular formula is C12H13F2N3. The second-order valence-corrected chi connectivity index (χ2v) is 3.82. The summed E-state index contributed by atoms with van der Waals surface area (Å²) in [7, 11) is 0. The maximum Gasteiger partial charge on any atom is 0.135 e. The summed E-state index contributed by atoms with van der Waals surface area (Å²) in [5.74, 6) is -0.618. The Bertz CT molecular complexity index is 522. The van der Waals surface area contributed by atoms with Crippen molar-refractivity contribution in [2.75, 3.05) is 0 Å². The third-order valence-corrected chi connectivity index (χ3v) is 2.61. The van der Waals surface area contributed by atoms with Crippen molar-refractivity contribution in [3.63, 3.8) is 0 Å². The molecule has 2 rings (SSSR count). The Morgan fingerprint density at radius 3 is 2.82 bits per heavy atom. The molecule has 1 aromatic heterocycles. The van der Waals surface area contributed by atoms with Crippen LogP contribution in [0.2, 0.25) is 0 Å². The maximum absolute atomic E-state index is 13.5. The van der Waals surface area contributed by atoms with E-state index in [4.69, 9.17) is 5.73 Å². The van der Waals surface area contributed by atoms with Crippen molar-refractivity contribution >= 4 is 0 Å². The molecule has 0 aliphatic rings. The largest absolute Gasteiger partial charge is 0.341 e. The van der Waals surface area contributed by atoms with Crippen molar-refractivity contribution < 1.29 is 8.78 Å². The number of hydrogen-bond donors (Lipinski definition) is 2. The molecule has 0 amide bonds. The minimum atomic E-state index is -0.620. The molecular weight excluding hydrogens is 224 g/mol. The first kappa shape index (κ1) is 11.7. The van der Waals surface area contributed by atoms with Crippen molar-refractivity contribution in [3.8, 4) is 11.3 Å². The zero-order valence-electron chi connectivity index (χ0n) is 9.37. The first-order valence-electron chi connectivity index (χ1n) is 5.37. The van der Waals surface area contributed by atoms with Gasteiger partial charge in [-0.25, -0.2) is 13.8 Å². The molecule has 0 bridgehead atoms. The Balaban J connectivity index is 2.37. The minimum absolute atomic E-state index is 0.202. The predicted molar refractivity (Wildman–Crippen MR) is 61.2 cm³/mol. The zero-order chi connectivity index (χ0) is 12.4. The summed E-state index contributed by atoms with van der Waals surface area (Å²) < 4.78 is 26.3. The number of rotatable bonds is 3. The molecule has 0 saturated heterocycles. The van der Waals surface area contributed by atoms with E-state index in [1.54, 1.807) is 0 Å². The van der Waals surface area contributed by atoms with Crippen LogP contribution in [0.3, 0.4) is 0 Å². The van der Waals surface area contributed by atoms with E-state index in [0.717, 1.165) is 12.5 Å². The predicted octanol–water partition coefficient (Wildman–Crippen LogP) is 2.76. The molecule has 1 heterocycles. The summed E-state index contributed by atoms with van der Waals surface area (Å²) in [5, 5.41) is 0. The lowest BCUT2D eigenvalue weighted by atomic mass is 10.1. The van der Waals surface area contributed by atoms with Crippen LogP contribution in [-0.4, -0.2) is 9.97 Å². The summed E-state index contributed by atoms with van der Waals surface area (Å²) in [5.41, 5.74) is 6.59. The average molecular weight is 237 g/mol. The van der Waals surface area contributed by atoms with Crippen LogP contribution < -0.4 is 5.73 Å². The summed E-state index contributed by atoms with van der Waals surface area (Å²) in [6.45, 7) is 1.94. The highest BCUT2D eigenvalue weighted by atomic mass is 19.1.